The highest BCUT2D eigenvalue weighted by Gasteiger charge is 2.24. The van der Waals surface area contributed by atoms with E-state index in [2.05, 4.69) is 31.9 Å². The maximum absolute atomic E-state index is 5.87. The summed E-state index contributed by atoms with van der Waals surface area (Å²) < 4.78 is 0. The average molecular weight is 275 g/mol. The number of rotatable bonds is 4. The van der Waals surface area contributed by atoms with Crippen LogP contribution in [0.2, 0.25) is 0 Å². The van der Waals surface area contributed by atoms with Crippen LogP contribution in [0, 0.1) is 12.8 Å². The molecular formula is C17H29N3. The van der Waals surface area contributed by atoms with Gasteiger partial charge in [-0.1, -0.05) is 25.8 Å². The van der Waals surface area contributed by atoms with E-state index in [1.165, 1.54) is 36.8 Å². The van der Waals surface area contributed by atoms with Crippen molar-refractivity contribution in [3.05, 3.63) is 23.4 Å². The van der Waals surface area contributed by atoms with Gasteiger partial charge in [0.2, 0.25) is 0 Å². The first-order chi connectivity index (χ1) is 9.47. The minimum absolute atomic E-state index is 0.193. The van der Waals surface area contributed by atoms with Gasteiger partial charge in [0.15, 0.2) is 0 Å². The molecule has 1 aliphatic carbocycles. The molecule has 3 heteroatoms. The quantitative estimate of drug-likeness (QED) is 0.917. The van der Waals surface area contributed by atoms with E-state index in [9.17, 15) is 0 Å². The molecule has 0 bridgehead atoms. The summed E-state index contributed by atoms with van der Waals surface area (Å²) in [6.07, 6.45) is 8.21. The molecule has 0 radical (unpaired) electrons. The van der Waals surface area contributed by atoms with Gasteiger partial charge < -0.3 is 10.6 Å². The molecule has 1 aromatic heterocycles. The Morgan fingerprint density at radius 1 is 1.45 bits per heavy atom. The van der Waals surface area contributed by atoms with E-state index in [0.717, 1.165) is 18.2 Å². The minimum Gasteiger partial charge on any atom is -0.356 e. The fourth-order valence-corrected chi connectivity index (χ4v) is 3.41. The van der Waals surface area contributed by atoms with Crippen LogP contribution in [-0.4, -0.2) is 24.1 Å². The Morgan fingerprint density at radius 2 is 2.20 bits per heavy atom. The SMILES string of the molecule is Cc1cc(CC(C)N)cnc1N(C)C1CCCC(C)C1. The minimum atomic E-state index is 0.193. The third-order valence-corrected chi connectivity index (χ3v) is 4.46. The molecule has 2 rings (SSSR count). The Balaban J connectivity index is 2.11. The van der Waals surface area contributed by atoms with Crippen LogP contribution in [-0.2, 0) is 6.42 Å². The van der Waals surface area contributed by atoms with Crippen LogP contribution in [0.25, 0.3) is 0 Å². The van der Waals surface area contributed by atoms with Gasteiger partial charge in [-0.25, -0.2) is 4.98 Å². The van der Waals surface area contributed by atoms with Gasteiger partial charge in [-0.3, -0.25) is 0 Å². The molecule has 0 aliphatic heterocycles. The number of hydrogen-bond donors (Lipinski definition) is 1. The predicted octanol–water partition coefficient (Wildman–Crippen LogP) is 3.29. The summed E-state index contributed by atoms with van der Waals surface area (Å²) in [5.41, 5.74) is 8.38. The van der Waals surface area contributed by atoms with Gasteiger partial charge in [0.1, 0.15) is 5.82 Å². The van der Waals surface area contributed by atoms with E-state index in [-0.39, 0.29) is 6.04 Å². The van der Waals surface area contributed by atoms with Crippen molar-refractivity contribution in [2.75, 3.05) is 11.9 Å². The molecule has 0 spiro atoms. The van der Waals surface area contributed by atoms with Crippen molar-refractivity contribution in [3.63, 3.8) is 0 Å². The zero-order chi connectivity index (χ0) is 14.7. The Kier molecular flexibility index (Phi) is 5.03. The van der Waals surface area contributed by atoms with Gasteiger partial charge in [-0.2, -0.15) is 0 Å². The Labute approximate surface area is 123 Å². The van der Waals surface area contributed by atoms with Crippen molar-refractivity contribution in [1.82, 2.24) is 4.98 Å². The van der Waals surface area contributed by atoms with E-state index >= 15 is 0 Å². The number of aryl methyl sites for hydroxylation is 1. The number of nitrogens with zero attached hydrogens (tertiary/aromatic N) is 2. The molecule has 112 valence electrons. The standard InChI is InChI=1S/C17H29N3/c1-12-6-5-7-16(8-12)20(4)17-13(2)9-15(11-19-17)10-14(3)18/h9,11-12,14,16H,5-8,10,18H2,1-4H3. The van der Waals surface area contributed by atoms with Crippen molar-refractivity contribution in [3.8, 4) is 0 Å². The monoisotopic (exact) mass is 275 g/mol. The maximum atomic E-state index is 5.87. The molecule has 3 atom stereocenters. The van der Waals surface area contributed by atoms with Crippen molar-refractivity contribution in [2.45, 2.75) is 65.0 Å². The van der Waals surface area contributed by atoms with Gasteiger partial charge in [0.25, 0.3) is 0 Å². The van der Waals surface area contributed by atoms with Crippen LogP contribution in [0.5, 0.6) is 0 Å². The van der Waals surface area contributed by atoms with Gasteiger partial charge >= 0.3 is 0 Å². The Hall–Kier alpha value is -1.09. The molecule has 3 unspecified atom stereocenters. The Morgan fingerprint density at radius 3 is 2.80 bits per heavy atom. The first kappa shape index (κ1) is 15.3. The van der Waals surface area contributed by atoms with Crippen molar-refractivity contribution >= 4 is 5.82 Å². The zero-order valence-electron chi connectivity index (χ0n) is 13.4. The predicted molar refractivity (Wildman–Crippen MR) is 86.2 cm³/mol. The summed E-state index contributed by atoms with van der Waals surface area (Å²) >= 11 is 0. The first-order valence-electron chi connectivity index (χ1n) is 7.91. The molecule has 0 aromatic carbocycles. The summed E-state index contributed by atoms with van der Waals surface area (Å²) in [4.78, 5) is 7.09. The molecule has 1 aliphatic rings. The smallest absolute Gasteiger partial charge is 0.131 e. The highest BCUT2D eigenvalue weighted by atomic mass is 15.2. The third-order valence-electron chi connectivity index (χ3n) is 4.46. The van der Waals surface area contributed by atoms with E-state index in [1.54, 1.807) is 0 Å². The van der Waals surface area contributed by atoms with Crippen LogP contribution < -0.4 is 10.6 Å². The van der Waals surface area contributed by atoms with E-state index < -0.39 is 0 Å². The second-order valence-electron chi connectivity index (χ2n) is 6.70. The summed E-state index contributed by atoms with van der Waals surface area (Å²) in [5, 5.41) is 0. The highest BCUT2D eigenvalue weighted by Crippen LogP contribution is 2.30. The molecule has 20 heavy (non-hydrogen) atoms. The lowest BCUT2D eigenvalue weighted by molar-refractivity contribution is 0.335. The lowest BCUT2D eigenvalue weighted by atomic mass is 9.86. The maximum Gasteiger partial charge on any atom is 0.131 e. The molecule has 0 saturated heterocycles. The summed E-state index contributed by atoms with van der Waals surface area (Å²) in [6, 6.07) is 3.08. The second kappa shape index (κ2) is 6.57. The highest BCUT2D eigenvalue weighted by molar-refractivity contribution is 5.47. The zero-order valence-corrected chi connectivity index (χ0v) is 13.4. The largest absolute Gasteiger partial charge is 0.356 e. The average Bonchev–Trinajstić information content (AvgIpc) is 2.37. The summed E-state index contributed by atoms with van der Waals surface area (Å²) in [7, 11) is 2.20. The molecule has 1 heterocycles. The van der Waals surface area contributed by atoms with Crippen molar-refractivity contribution in [2.24, 2.45) is 11.7 Å². The van der Waals surface area contributed by atoms with Gasteiger partial charge in [-0.05, 0) is 50.2 Å². The van der Waals surface area contributed by atoms with Crippen LogP contribution in [0.4, 0.5) is 5.82 Å². The van der Waals surface area contributed by atoms with E-state index in [4.69, 9.17) is 10.7 Å². The van der Waals surface area contributed by atoms with Crippen LogP contribution in [0.15, 0.2) is 12.3 Å². The molecule has 2 N–H and O–H groups in total. The third kappa shape index (κ3) is 3.72. The Bertz CT molecular complexity index is 442. The summed E-state index contributed by atoms with van der Waals surface area (Å²) in [5.74, 6) is 1.98. The molecule has 1 saturated carbocycles. The van der Waals surface area contributed by atoms with Gasteiger partial charge in [0.05, 0.1) is 0 Å². The normalized spacial score (nSPS) is 24.4. The van der Waals surface area contributed by atoms with Crippen LogP contribution >= 0.6 is 0 Å². The lowest BCUT2D eigenvalue weighted by Gasteiger charge is -2.35. The van der Waals surface area contributed by atoms with Crippen LogP contribution in [0.1, 0.15) is 50.7 Å². The molecule has 1 aromatic rings. The lowest BCUT2D eigenvalue weighted by Crippen LogP contribution is -2.36. The first-order valence-corrected chi connectivity index (χ1v) is 7.91. The molecule has 1 fully saturated rings. The fourth-order valence-electron chi connectivity index (χ4n) is 3.41. The molecule has 3 nitrogen and oxygen atoms in total. The summed E-state index contributed by atoms with van der Waals surface area (Å²) in [6.45, 7) is 6.57. The van der Waals surface area contributed by atoms with Crippen molar-refractivity contribution in [1.29, 1.82) is 0 Å². The van der Waals surface area contributed by atoms with E-state index in [1.807, 2.05) is 13.1 Å². The molecule has 0 amide bonds. The van der Waals surface area contributed by atoms with Crippen molar-refractivity contribution < 1.29 is 0 Å². The molecular weight excluding hydrogens is 246 g/mol. The van der Waals surface area contributed by atoms with E-state index in [0.29, 0.717) is 6.04 Å². The fraction of sp³-hybridized carbons (Fsp3) is 0.706. The number of pyridine rings is 1. The number of anilines is 1. The number of aromatic nitrogens is 1. The van der Waals surface area contributed by atoms with Gasteiger partial charge in [-0.15, -0.1) is 0 Å². The van der Waals surface area contributed by atoms with Crippen LogP contribution in [0.3, 0.4) is 0 Å². The second-order valence-corrected chi connectivity index (χ2v) is 6.70. The number of nitrogens with two attached hydrogens (primary N) is 1. The topological polar surface area (TPSA) is 42.1 Å². The number of hydrogen-bond acceptors (Lipinski definition) is 3. The van der Waals surface area contributed by atoms with Gasteiger partial charge in [0, 0.05) is 25.3 Å².